The summed E-state index contributed by atoms with van der Waals surface area (Å²) in [6.07, 6.45) is 4.45. The minimum Gasteiger partial charge on any atom is -0.354 e. The number of rotatable bonds is 10. The molecule has 1 unspecified atom stereocenters. The van der Waals surface area contributed by atoms with Gasteiger partial charge in [-0.2, -0.15) is 0 Å². The van der Waals surface area contributed by atoms with Gasteiger partial charge in [-0.15, -0.1) is 0 Å². The molecule has 0 saturated carbocycles. The molecular weight excluding hydrogens is 427 g/mol. The van der Waals surface area contributed by atoms with Crippen LogP contribution in [0.25, 0.3) is 0 Å². The SMILES string of the molecule is CCCC(Sc1nc(C)c(Cc2ccc(F)cc2)c(=O)n1C)C(=O)NCCN1CCCC1. The van der Waals surface area contributed by atoms with E-state index in [2.05, 4.69) is 22.1 Å². The molecule has 1 saturated heterocycles. The van der Waals surface area contributed by atoms with E-state index in [0.717, 1.165) is 31.6 Å². The van der Waals surface area contributed by atoms with Gasteiger partial charge in [0.2, 0.25) is 5.91 Å². The van der Waals surface area contributed by atoms with Crippen LogP contribution in [0, 0.1) is 12.7 Å². The zero-order chi connectivity index (χ0) is 23.1. The van der Waals surface area contributed by atoms with Crippen molar-refractivity contribution in [1.82, 2.24) is 19.8 Å². The van der Waals surface area contributed by atoms with Gasteiger partial charge in [0.1, 0.15) is 5.82 Å². The smallest absolute Gasteiger partial charge is 0.257 e. The molecule has 1 aromatic carbocycles. The first-order chi connectivity index (χ1) is 15.4. The summed E-state index contributed by atoms with van der Waals surface area (Å²) in [5.74, 6) is -0.303. The third-order valence-corrected chi connectivity index (χ3v) is 7.17. The van der Waals surface area contributed by atoms with E-state index in [1.807, 2.05) is 6.92 Å². The Labute approximate surface area is 193 Å². The number of aromatic nitrogens is 2. The number of benzene rings is 1. The van der Waals surface area contributed by atoms with Gasteiger partial charge in [-0.3, -0.25) is 14.2 Å². The summed E-state index contributed by atoms with van der Waals surface area (Å²) < 4.78 is 14.7. The highest BCUT2D eigenvalue weighted by molar-refractivity contribution is 8.00. The molecule has 0 radical (unpaired) electrons. The number of aryl methyl sites for hydroxylation is 1. The minimum absolute atomic E-state index is 0.00154. The van der Waals surface area contributed by atoms with Gasteiger partial charge >= 0.3 is 0 Å². The lowest BCUT2D eigenvalue weighted by Crippen LogP contribution is -2.38. The molecule has 1 fully saturated rings. The maximum absolute atomic E-state index is 13.2. The Kier molecular flexibility index (Phi) is 8.87. The van der Waals surface area contributed by atoms with E-state index in [9.17, 15) is 14.0 Å². The Bertz CT molecular complexity index is 971. The molecule has 2 heterocycles. The van der Waals surface area contributed by atoms with Crippen molar-refractivity contribution >= 4 is 17.7 Å². The van der Waals surface area contributed by atoms with Crippen molar-refractivity contribution in [2.45, 2.75) is 56.4 Å². The molecule has 1 aromatic heterocycles. The van der Waals surface area contributed by atoms with Crippen LogP contribution in [0.3, 0.4) is 0 Å². The van der Waals surface area contributed by atoms with Crippen molar-refractivity contribution < 1.29 is 9.18 Å². The van der Waals surface area contributed by atoms with Crippen LogP contribution in [0.2, 0.25) is 0 Å². The lowest BCUT2D eigenvalue weighted by molar-refractivity contribution is -0.120. The highest BCUT2D eigenvalue weighted by atomic mass is 32.2. The molecule has 0 aliphatic carbocycles. The summed E-state index contributed by atoms with van der Waals surface area (Å²) in [5.41, 5.74) is 1.96. The second-order valence-electron chi connectivity index (χ2n) is 8.36. The highest BCUT2D eigenvalue weighted by Crippen LogP contribution is 2.25. The molecule has 2 aromatic rings. The molecule has 174 valence electrons. The first-order valence-electron chi connectivity index (χ1n) is 11.4. The van der Waals surface area contributed by atoms with Crippen molar-refractivity contribution in [3.8, 4) is 0 Å². The average Bonchev–Trinajstić information content (AvgIpc) is 3.29. The van der Waals surface area contributed by atoms with Crippen molar-refractivity contribution in [3.63, 3.8) is 0 Å². The van der Waals surface area contributed by atoms with Gasteiger partial charge in [-0.25, -0.2) is 9.37 Å². The molecule has 6 nitrogen and oxygen atoms in total. The first kappa shape index (κ1) is 24.5. The van der Waals surface area contributed by atoms with E-state index < -0.39 is 0 Å². The topological polar surface area (TPSA) is 67.2 Å². The van der Waals surface area contributed by atoms with Gasteiger partial charge in [-0.05, 0) is 57.0 Å². The normalized spacial score (nSPS) is 15.1. The lowest BCUT2D eigenvalue weighted by atomic mass is 10.1. The number of nitrogens with one attached hydrogen (secondary N) is 1. The summed E-state index contributed by atoms with van der Waals surface area (Å²) in [5, 5.41) is 3.32. The van der Waals surface area contributed by atoms with Gasteiger partial charge in [0.25, 0.3) is 5.56 Å². The summed E-state index contributed by atoms with van der Waals surface area (Å²) in [7, 11) is 1.69. The molecule has 8 heteroatoms. The second-order valence-corrected chi connectivity index (χ2v) is 9.53. The Morgan fingerprint density at radius 3 is 2.59 bits per heavy atom. The number of hydrogen-bond acceptors (Lipinski definition) is 5. The standard InChI is InChI=1S/C24H33FN4O2S/c1-4-7-21(22(30)26-12-15-29-13-5-6-14-29)32-24-27-17(2)20(23(31)28(24)3)16-18-8-10-19(25)11-9-18/h8-11,21H,4-7,12-16H2,1-3H3,(H,26,30). The van der Waals surface area contributed by atoms with Crippen molar-refractivity contribution in [2.75, 3.05) is 26.2 Å². The van der Waals surface area contributed by atoms with E-state index in [0.29, 0.717) is 35.8 Å². The highest BCUT2D eigenvalue weighted by Gasteiger charge is 2.23. The largest absolute Gasteiger partial charge is 0.354 e. The van der Waals surface area contributed by atoms with Gasteiger partial charge in [-0.1, -0.05) is 37.2 Å². The number of carbonyl (C=O) groups excluding carboxylic acids is 1. The molecule has 3 rings (SSSR count). The van der Waals surface area contributed by atoms with Gasteiger partial charge in [0.05, 0.1) is 5.25 Å². The lowest BCUT2D eigenvalue weighted by Gasteiger charge is -2.19. The summed E-state index contributed by atoms with van der Waals surface area (Å²) in [6, 6.07) is 6.15. The van der Waals surface area contributed by atoms with Crippen LogP contribution in [-0.4, -0.2) is 51.8 Å². The maximum Gasteiger partial charge on any atom is 0.257 e. The maximum atomic E-state index is 13.2. The monoisotopic (exact) mass is 460 g/mol. The molecule has 1 aliphatic heterocycles. The molecule has 32 heavy (non-hydrogen) atoms. The summed E-state index contributed by atoms with van der Waals surface area (Å²) >= 11 is 1.35. The molecule has 1 N–H and O–H groups in total. The number of thioether (sulfide) groups is 1. The fourth-order valence-corrected chi connectivity index (χ4v) is 5.16. The third-order valence-electron chi connectivity index (χ3n) is 5.86. The Morgan fingerprint density at radius 2 is 1.94 bits per heavy atom. The van der Waals surface area contributed by atoms with Gasteiger partial charge in [0.15, 0.2) is 5.16 Å². The number of nitrogens with zero attached hydrogens (tertiary/aromatic N) is 3. The van der Waals surface area contributed by atoms with Crippen LogP contribution in [-0.2, 0) is 18.3 Å². The van der Waals surface area contributed by atoms with Crippen LogP contribution in [0.4, 0.5) is 4.39 Å². The van der Waals surface area contributed by atoms with Crippen LogP contribution in [0.5, 0.6) is 0 Å². The Morgan fingerprint density at radius 1 is 1.25 bits per heavy atom. The molecule has 1 aliphatic rings. The molecule has 0 spiro atoms. The van der Waals surface area contributed by atoms with E-state index in [4.69, 9.17) is 0 Å². The molecule has 1 atom stereocenters. The zero-order valence-corrected chi connectivity index (χ0v) is 20.0. The van der Waals surface area contributed by atoms with Crippen molar-refractivity contribution in [3.05, 3.63) is 57.3 Å². The predicted octanol–water partition coefficient (Wildman–Crippen LogP) is 3.29. The number of hydrogen-bond donors (Lipinski definition) is 1. The Hall–Kier alpha value is -2.19. The number of carbonyl (C=O) groups is 1. The van der Waals surface area contributed by atoms with E-state index in [1.54, 1.807) is 19.2 Å². The summed E-state index contributed by atoms with van der Waals surface area (Å²) in [6.45, 7) is 7.60. The second kappa shape index (κ2) is 11.6. The molecule has 1 amide bonds. The van der Waals surface area contributed by atoms with E-state index in [1.165, 1.54) is 41.3 Å². The third kappa shape index (κ3) is 6.42. The predicted molar refractivity (Wildman–Crippen MR) is 127 cm³/mol. The van der Waals surface area contributed by atoms with E-state index >= 15 is 0 Å². The fraction of sp³-hybridized carbons (Fsp3) is 0.542. The quantitative estimate of drug-likeness (QED) is 0.435. The van der Waals surface area contributed by atoms with Crippen molar-refractivity contribution in [1.29, 1.82) is 0 Å². The minimum atomic E-state index is -0.302. The molecule has 0 bridgehead atoms. The van der Waals surface area contributed by atoms with Gasteiger partial charge in [0, 0.05) is 37.8 Å². The van der Waals surface area contributed by atoms with Crippen molar-refractivity contribution in [2.24, 2.45) is 7.05 Å². The number of amides is 1. The van der Waals surface area contributed by atoms with E-state index in [-0.39, 0.29) is 22.5 Å². The average molecular weight is 461 g/mol. The van der Waals surface area contributed by atoms with Crippen LogP contribution in [0.15, 0.2) is 34.2 Å². The summed E-state index contributed by atoms with van der Waals surface area (Å²) in [4.78, 5) is 32.9. The number of likely N-dealkylation sites (tertiary alicyclic amines) is 1. The van der Waals surface area contributed by atoms with Crippen LogP contribution >= 0.6 is 11.8 Å². The van der Waals surface area contributed by atoms with Crippen LogP contribution in [0.1, 0.15) is 49.4 Å². The van der Waals surface area contributed by atoms with Crippen LogP contribution < -0.4 is 10.9 Å². The zero-order valence-electron chi connectivity index (χ0n) is 19.2. The molecular formula is C24H33FN4O2S. The first-order valence-corrected chi connectivity index (χ1v) is 12.2. The Balaban J connectivity index is 1.69. The van der Waals surface area contributed by atoms with Gasteiger partial charge < -0.3 is 10.2 Å². The number of halogens is 1. The fourth-order valence-electron chi connectivity index (χ4n) is 3.94.